The van der Waals surface area contributed by atoms with E-state index in [1.807, 2.05) is 0 Å². The lowest BCUT2D eigenvalue weighted by molar-refractivity contribution is 0.361. The summed E-state index contributed by atoms with van der Waals surface area (Å²) in [6.45, 7) is 0. The standard InChI is InChI=1S/C18H12ClF2N5O3/c1-28-15-10(20)3-4-11(14(15)21)24-17-22-7-9(19)16(26-17)23-8-2-5-13-12(6-8)25-18(27)29-13/h2-7H,1H3,(H,25,27)(H2,22,23,24,26). The fourth-order valence-corrected chi connectivity index (χ4v) is 2.76. The van der Waals surface area contributed by atoms with Gasteiger partial charge in [-0.25, -0.2) is 18.6 Å². The Morgan fingerprint density at radius 1 is 1.21 bits per heavy atom. The molecular weight excluding hydrogens is 408 g/mol. The van der Waals surface area contributed by atoms with Crippen molar-refractivity contribution in [1.82, 2.24) is 15.0 Å². The molecule has 0 atom stereocenters. The molecule has 4 rings (SSSR count). The van der Waals surface area contributed by atoms with Crippen LogP contribution in [0.4, 0.5) is 31.9 Å². The largest absolute Gasteiger partial charge is 0.491 e. The molecule has 0 aliphatic rings. The van der Waals surface area contributed by atoms with Crippen LogP contribution in [0.2, 0.25) is 5.02 Å². The van der Waals surface area contributed by atoms with Crippen molar-refractivity contribution in [2.45, 2.75) is 0 Å². The summed E-state index contributed by atoms with van der Waals surface area (Å²) in [7, 11) is 1.16. The highest BCUT2D eigenvalue weighted by Gasteiger charge is 2.16. The van der Waals surface area contributed by atoms with Gasteiger partial charge in [-0.1, -0.05) is 11.6 Å². The summed E-state index contributed by atoms with van der Waals surface area (Å²) >= 11 is 6.14. The Morgan fingerprint density at radius 2 is 2.03 bits per heavy atom. The Labute approximate surface area is 166 Å². The van der Waals surface area contributed by atoms with Gasteiger partial charge >= 0.3 is 5.76 Å². The number of hydrogen-bond donors (Lipinski definition) is 3. The second kappa shape index (κ2) is 7.40. The third-order valence-electron chi connectivity index (χ3n) is 3.93. The van der Waals surface area contributed by atoms with Crippen molar-refractivity contribution in [3.8, 4) is 5.75 Å². The van der Waals surface area contributed by atoms with Gasteiger partial charge in [0, 0.05) is 5.69 Å². The summed E-state index contributed by atoms with van der Waals surface area (Å²) < 4.78 is 37.6. The number of aromatic amines is 1. The van der Waals surface area contributed by atoms with Crippen LogP contribution in [0.1, 0.15) is 0 Å². The molecule has 0 aliphatic heterocycles. The number of H-pyrrole nitrogens is 1. The van der Waals surface area contributed by atoms with E-state index in [1.54, 1.807) is 18.2 Å². The second-order valence-corrected chi connectivity index (χ2v) is 6.21. The smallest absolute Gasteiger partial charge is 0.417 e. The number of ether oxygens (including phenoxy) is 1. The number of hydrogen-bond acceptors (Lipinski definition) is 7. The molecule has 0 aliphatic carbocycles. The first-order chi connectivity index (χ1) is 13.9. The van der Waals surface area contributed by atoms with Crippen molar-refractivity contribution in [1.29, 1.82) is 0 Å². The number of benzene rings is 2. The molecule has 0 saturated carbocycles. The van der Waals surface area contributed by atoms with Crippen molar-refractivity contribution in [3.05, 3.63) is 63.7 Å². The molecular formula is C18H12ClF2N5O3. The van der Waals surface area contributed by atoms with E-state index in [9.17, 15) is 13.6 Å². The third kappa shape index (κ3) is 3.69. The number of nitrogens with zero attached hydrogens (tertiary/aromatic N) is 2. The van der Waals surface area contributed by atoms with E-state index in [4.69, 9.17) is 20.8 Å². The van der Waals surface area contributed by atoms with Gasteiger partial charge in [0.1, 0.15) is 5.02 Å². The fraction of sp³-hybridized carbons (Fsp3) is 0.0556. The number of aromatic nitrogens is 3. The number of methoxy groups -OCH3 is 1. The highest BCUT2D eigenvalue weighted by atomic mass is 35.5. The third-order valence-corrected chi connectivity index (χ3v) is 4.20. The lowest BCUT2D eigenvalue weighted by atomic mass is 10.2. The molecule has 0 fully saturated rings. The van der Waals surface area contributed by atoms with Crippen LogP contribution >= 0.6 is 11.6 Å². The molecule has 2 aromatic heterocycles. The predicted octanol–water partition coefficient (Wildman–Crippen LogP) is 4.34. The number of halogens is 3. The zero-order valence-electron chi connectivity index (χ0n) is 14.7. The maximum Gasteiger partial charge on any atom is 0.417 e. The maximum atomic E-state index is 14.3. The van der Waals surface area contributed by atoms with E-state index in [2.05, 4.69) is 25.6 Å². The maximum absolute atomic E-state index is 14.3. The van der Waals surface area contributed by atoms with E-state index in [1.165, 1.54) is 12.3 Å². The molecule has 2 aromatic carbocycles. The molecule has 0 saturated heterocycles. The average Bonchev–Trinajstić information content (AvgIpc) is 3.06. The molecule has 0 bridgehead atoms. The van der Waals surface area contributed by atoms with Crippen LogP contribution < -0.4 is 21.1 Å². The summed E-state index contributed by atoms with van der Waals surface area (Å²) in [6, 6.07) is 7.15. The molecule has 29 heavy (non-hydrogen) atoms. The molecule has 8 nitrogen and oxygen atoms in total. The Kier molecular flexibility index (Phi) is 4.77. The van der Waals surface area contributed by atoms with Crippen LogP contribution in [0.3, 0.4) is 0 Å². The number of oxazole rings is 1. The highest BCUT2D eigenvalue weighted by molar-refractivity contribution is 6.32. The Hall–Kier alpha value is -3.66. The number of nitrogens with one attached hydrogen (secondary N) is 3. The quantitative estimate of drug-likeness (QED) is 0.442. The van der Waals surface area contributed by atoms with E-state index in [-0.39, 0.29) is 22.5 Å². The van der Waals surface area contributed by atoms with E-state index >= 15 is 0 Å². The number of anilines is 4. The minimum absolute atomic E-state index is 0.0160. The summed E-state index contributed by atoms with van der Waals surface area (Å²) in [5.41, 5.74) is 1.38. The monoisotopic (exact) mass is 419 g/mol. The van der Waals surface area contributed by atoms with Crippen molar-refractivity contribution < 1.29 is 17.9 Å². The van der Waals surface area contributed by atoms with Crippen molar-refractivity contribution in [3.63, 3.8) is 0 Å². The fourth-order valence-electron chi connectivity index (χ4n) is 2.62. The summed E-state index contributed by atoms with van der Waals surface area (Å²) in [6.07, 6.45) is 1.32. The average molecular weight is 420 g/mol. The first kappa shape index (κ1) is 18.7. The minimum Gasteiger partial charge on any atom is -0.491 e. The van der Waals surface area contributed by atoms with Crippen LogP contribution in [-0.4, -0.2) is 22.1 Å². The van der Waals surface area contributed by atoms with Crippen molar-refractivity contribution >= 4 is 45.8 Å². The number of fused-ring (bicyclic) bond motifs is 1. The zero-order chi connectivity index (χ0) is 20.5. The van der Waals surface area contributed by atoms with Crippen molar-refractivity contribution in [2.24, 2.45) is 0 Å². The van der Waals surface area contributed by atoms with Gasteiger partial charge in [-0.3, -0.25) is 4.98 Å². The van der Waals surface area contributed by atoms with Crippen LogP contribution in [-0.2, 0) is 0 Å². The van der Waals surface area contributed by atoms with E-state index < -0.39 is 23.1 Å². The Balaban J connectivity index is 1.63. The second-order valence-electron chi connectivity index (χ2n) is 5.81. The minimum atomic E-state index is -0.921. The van der Waals surface area contributed by atoms with Crippen LogP contribution in [0.5, 0.6) is 5.75 Å². The van der Waals surface area contributed by atoms with Gasteiger partial charge in [0.15, 0.2) is 28.8 Å². The van der Waals surface area contributed by atoms with Crippen LogP contribution in [0, 0.1) is 11.6 Å². The molecule has 0 amide bonds. The molecule has 4 aromatic rings. The van der Waals surface area contributed by atoms with Gasteiger partial charge in [-0.2, -0.15) is 4.98 Å². The number of rotatable bonds is 5. The summed E-state index contributed by atoms with van der Waals surface area (Å²) in [5.74, 6) is -2.60. The lowest BCUT2D eigenvalue weighted by Gasteiger charge is -2.12. The first-order valence-electron chi connectivity index (χ1n) is 8.16. The van der Waals surface area contributed by atoms with Gasteiger partial charge in [0.2, 0.25) is 5.95 Å². The van der Waals surface area contributed by atoms with Crippen LogP contribution in [0.15, 0.2) is 45.7 Å². The van der Waals surface area contributed by atoms with Crippen molar-refractivity contribution in [2.75, 3.05) is 17.7 Å². The Bertz CT molecular complexity index is 1270. The molecule has 11 heteroatoms. The lowest BCUT2D eigenvalue weighted by Crippen LogP contribution is -2.04. The molecule has 0 unspecified atom stereocenters. The highest BCUT2D eigenvalue weighted by Crippen LogP contribution is 2.30. The van der Waals surface area contributed by atoms with Gasteiger partial charge in [-0.15, -0.1) is 0 Å². The molecule has 3 N–H and O–H groups in total. The molecule has 0 spiro atoms. The SMILES string of the molecule is COc1c(F)ccc(Nc2ncc(Cl)c(Nc3ccc4oc(=O)[nH]c4c3)n2)c1F. The predicted molar refractivity (Wildman–Crippen MR) is 103 cm³/mol. The van der Waals surface area contributed by atoms with Gasteiger partial charge in [0.05, 0.1) is 24.5 Å². The van der Waals surface area contributed by atoms with Crippen LogP contribution in [0.25, 0.3) is 11.1 Å². The summed E-state index contributed by atoms with van der Waals surface area (Å²) in [4.78, 5) is 22.0. The van der Waals surface area contributed by atoms with Gasteiger partial charge in [0.25, 0.3) is 0 Å². The first-order valence-corrected chi connectivity index (χ1v) is 8.54. The normalized spacial score (nSPS) is 10.9. The Morgan fingerprint density at radius 3 is 2.83 bits per heavy atom. The van der Waals surface area contributed by atoms with E-state index in [0.29, 0.717) is 16.8 Å². The van der Waals surface area contributed by atoms with E-state index in [0.717, 1.165) is 13.2 Å². The molecule has 2 heterocycles. The summed E-state index contributed by atoms with van der Waals surface area (Å²) in [5, 5.41) is 5.84. The van der Waals surface area contributed by atoms with Gasteiger partial charge < -0.3 is 19.8 Å². The zero-order valence-corrected chi connectivity index (χ0v) is 15.5. The molecule has 0 radical (unpaired) electrons. The molecule has 148 valence electrons. The topological polar surface area (TPSA) is 105 Å². The van der Waals surface area contributed by atoms with Gasteiger partial charge in [-0.05, 0) is 30.3 Å².